The number of aromatic nitrogens is 4. The standard InChI is InChI=1S/C14H18N6O/c1-2-20-13(17-18-19-20)10-4-3-5-12(8-10)16-14(21)11-6-7-15-9-11/h3-5,8,11,15H,2,6-7,9H2,1H3,(H,16,21). The lowest BCUT2D eigenvalue weighted by atomic mass is 10.1. The average Bonchev–Trinajstić information content (AvgIpc) is 3.18. The summed E-state index contributed by atoms with van der Waals surface area (Å²) in [5, 5.41) is 17.8. The zero-order valence-electron chi connectivity index (χ0n) is 11.9. The van der Waals surface area contributed by atoms with Crippen molar-refractivity contribution < 1.29 is 4.79 Å². The van der Waals surface area contributed by atoms with Crippen molar-refractivity contribution in [2.75, 3.05) is 18.4 Å². The minimum absolute atomic E-state index is 0.0506. The fraction of sp³-hybridized carbons (Fsp3) is 0.429. The summed E-state index contributed by atoms with van der Waals surface area (Å²) >= 11 is 0. The van der Waals surface area contributed by atoms with E-state index in [2.05, 4.69) is 26.2 Å². The van der Waals surface area contributed by atoms with Crippen molar-refractivity contribution in [2.24, 2.45) is 5.92 Å². The number of nitrogens with one attached hydrogen (secondary N) is 2. The van der Waals surface area contributed by atoms with Crippen molar-refractivity contribution in [2.45, 2.75) is 19.9 Å². The van der Waals surface area contributed by atoms with Gasteiger partial charge in [0.2, 0.25) is 5.91 Å². The number of anilines is 1. The van der Waals surface area contributed by atoms with Crippen molar-refractivity contribution in [1.82, 2.24) is 25.5 Å². The first-order valence-electron chi connectivity index (χ1n) is 7.16. The Morgan fingerprint density at radius 3 is 3.19 bits per heavy atom. The molecule has 7 nitrogen and oxygen atoms in total. The summed E-state index contributed by atoms with van der Waals surface area (Å²) < 4.78 is 1.72. The third-order valence-electron chi connectivity index (χ3n) is 3.65. The minimum Gasteiger partial charge on any atom is -0.326 e. The Bertz CT molecular complexity index is 632. The molecule has 1 aromatic carbocycles. The van der Waals surface area contributed by atoms with E-state index in [1.54, 1.807) is 4.68 Å². The molecule has 0 saturated carbocycles. The molecule has 1 aliphatic rings. The Morgan fingerprint density at radius 1 is 1.52 bits per heavy atom. The van der Waals surface area contributed by atoms with Gasteiger partial charge in [0.05, 0.1) is 5.92 Å². The normalized spacial score (nSPS) is 17.9. The maximum absolute atomic E-state index is 12.1. The SMILES string of the molecule is CCn1nnnc1-c1cccc(NC(=O)C2CCNC2)c1. The predicted molar refractivity (Wildman–Crippen MR) is 78.5 cm³/mol. The Hall–Kier alpha value is -2.28. The highest BCUT2D eigenvalue weighted by molar-refractivity contribution is 5.93. The molecule has 1 unspecified atom stereocenters. The summed E-state index contributed by atoms with van der Waals surface area (Å²) in [6, 6.07) is 7.61. The fourth-order valence-electron chi connectivity index (χ4n) is 2.48. The molecule has 0 aliphatic carbocycles. The van der Waals surface area contributed by atoms with E-state index < -0.39 is 0 Å². The number of hydrogen-bond acceptors (Lipinski definition) is 5. The van der Waals surface area contributed by atoms with E-state index in [9.17, 15) is 4.79 Å². The molecule has 1 atom stereocenters. The molecule has 1 aromatic heterocycles. The molecule has 0 radical (unpaired) electrons. The highest BCUT2D eigenvalue weighted by atomic mass is 16.1. The van der Waals surface area contributed by atoms with Gasteiger partial charge < -0.3 is 10.6 Å². The van der Waals surface area contributed by atoms with E-state index in [0.29, 0.717) is 12.4 Å². The fourth-order valence-corrected chi connectivity index (χ4v) is 2.48. The summed E-state index contributed by atoms with van der Waals surface area (Å²) in [5.74, 6) is 0.818. The zero-order chi connectivity index (χ0) is 14.7. The van der Waals surface area contributed by atoms with Crippen LogP contribution in [0.5, 0.6) is 0 Å². The molecule has 3 rings (SSSR count). The lowest BCUT2D eigenvalue weighted by molar-refractivity contribution is -0.119. The van der Waals surface area contributed by atoms with Gasteiger partial charge in [-0.15, -0.1) is 5.10 Å². The van der Waals surface area contributed by atoms with Gasteiger partial charge in [-0.3, -0.25) is 4.79 Å². The number of nitrogens with zero attached hydrogens (tertiary/aromatic N) is 4. The number of aryl methyl sites for hydroxylation is 1. The molecule has 110 valence electrons. The van der Waals surface area contributed by atoms with Gasteiger partial charge in [0.25, 0.3) is 0 Å². The van der Waals surface area contributed by atoms with Crippen LogP contribution in [0.3, 0.4) is 0 Å². The van der Waals surface area contributed by atoms with Crippen LogP contribution in [0.2, 0.25) is 0 Å². The van der Waals surface area contributed by atoms with Crippen LogP contribution < -0.4 is 10.6 Å². The van der Waals surface area contributed by atoms with Gasteiger partial charge in [0, 0.05) is 24.3 Å². The quantitative estimate of drug-likeness (QED) is 0.872. The van der Waals surface area contributed by atoms with Crippen LogP contribution in [0.15, 0.2) is 24.3 Å². The smallest absolute Gasteiger partial charge is 0.228 e. The number of benzene rings is 1. The molecule has 1 saturated heterocycles. The molecule has 2 N–H and O–H groups in total. The zero-order valence-corrected chi connectivity index (χ0v) is 11.9. The molecular formula is C14H18N6O. The Balaban J connectivity index is 1.78. The van der Waals surface area contributed by atoms with Crippen LogP contribution >= 0.6 is 0 Å². The van der Waals surface area contributed by atoms with Crippen molar-refractivity contribution in [3.63, 3.8) is 0 Å². The number of carbonyl (C=O) groups excluding carboxylic acids is 1. The topological polar surface area (TPSA) is 84.7 Å². The van der Waals surface area contributed by atoms with E-state index in [0.717, 1.165) is 30.8 Å². The molecule has 0 spiro atoms. The number of hydrogen-bond donors (Lipinski definition) is 2. The van der Waals surface area contributed by atoms with Crippen molar-refractivity contribution in [3.8, 4) is 11.4 Å². The number of rotatable bonds is 4. The lowest BCUT2D eigenvalue weighted by Gasteiger charge is -2.10. The Labute approximate surface area is 122 Å². The van der Waals surface area contributed by atoms with Crippen LogP contribution in [0, 0.1) is 5.92 Å². The second kappa shape index (κ2) is 6.01. The largest absolute Gasteiger partial charge is 0.326 e. The minimum atomic E-state index is 0.0506. The molecule has 2 aromatic rings. The first-order chi connectivity index (χ1) is 10.3. The van der Waals surface area contributed by atoms with Crippen LogP contribution in [-0.2, 0) is 11.3 Å². The highest BCUT2D eigenvalue weighted by Crippen LogP contribution is 2.21. The van der Waals surface area contributed by atoms with E-state index in [-0.39, 0.29) is 11.8 Å². The van der Waals surface area contributed by atoms with E-state index in [1.807, 2.05) is 31.2 Å². The van der Waals surface area contributed by atoms with Gasteiger partial charge in [0.15, 0.2) is 5.82 Å². The monoisotopic (exact) mass is 286 g/mol. The van der Waals surface area contributed by atoms with Gasteiger partial charge >= 0.3 is 0 Å². The van der Waals surface area contributed by atoms with Crippen LogP contribution in [-0.4, -0.2) is 39.2 Å². The average molecular weight is 286 g/mol. The molecule has 1 aliphatic heterocycles. The third kappa shape index (κ3) is 2.92. The van der Waals surface area contributed by atoms with E-state index >= 15 is 0 Å². The van der Waals surface area contributed by atoms with Gasteiger partial charge in [-0.1, -0.05) is 12.1 Å². The second-order valence-corrected chi connectivity index (χ2v) is 5.08. The third-order valence-corrected chi connectivity index (χ3v) is 3.65. The first kappa shape index (κ1) is 13.7. The molecule has 2 heterocycles. The first-order valence-corrected chi connectivity index (χ1v) is 7.16. The van der Waals surface area contributed by atoms with Gasteiger partial charge in [-0.05, 0) is 42.4 Å². The second-order valence-electron chi connectivity index (χ2n) is 5.08. The lowest BCUT2D eigenvalue weighted by Crippen LogP contribution is -2.24. The maximum Gasteiger partial charge on any atom is 0.228 e. The van der Waals surface area contributed by atoms with Crippen LogP contribution in [0.25, 0.3) is 11.4 Å². The highest BCUT2D eigenvalue weighted by Gasteiger charge is 2.22. The van der Waals surface area contributed by atoms with E-state index in [1.165, 1.54) is 0 Å². The van der Waals surface area contributed by atoms with Gasteiger partial charge in [-0.2, -0.15) is 0 Å². The maximum atomic E-state index is 12.1. The number of amides is 1. The molecule has 7 heteroatoms. The molecular weight excluding hydrogens is 268 g/mol. The van der Waals surface area contributed by atoms with Crippen molar-refractivity contribution >= 4 is 11.6 Å². The summed E-state index contributed by atoms with van der Waals surface area (Å²) in [6.45, 7) is 4.34. The van der Waals surface area contributed by atoms with Crippen molar-refractivity contribution in [3.05, 3.63) is 24.3 Å². The van der Waals surface area contributed by atoms with Gasteiger partial charge in [-0.25, -0.2) is 4.68 Å². The van der Waals surface area contributed by atoms with Gasteiger partial charge in [0.1, 0.15) is 0 Å². The van der Waals surface area contributed by atoms with Crippen molar-refractivity contribution in [1.29, 1.82) is 0 Å². The molecule has 1 amide bonds. The number of carbonyl (C=O) groups is 1. The molecule has 0 bridgehead atoms. The Morgan fingerprint density at radius 2 is 2.43 bits per heavy atom. The summed E-state index contributed by atoms with van der Waals surface area (Å²) in [6.07, 6.45) is 0.888. The summed E-state index contributed by atoms with van der Waals surface area (Å²) in [7, 11) is 0. The summed E-state index contributed by atoms with van der Waals surface area (Å²) in [5.41, 5.74) is 1.67. The summed E-state index contributed by atoms with van der Waals surface area (Å²) in [4.78, 5) is 12.1. The van der Waals surface area contributed by atoms with E-state index in [4.69, 9.17) is 0 Å². The Kier molecular flexibility index (Phi) is 3.92. The van der Waals surface area contributed by atoms with Crippen LogP contribution in [0.1, 0.15) is 13.3 Å². The molecule has 1 fully saturated rings. The van der Waals surface area contributed by atoms with Crippen LogP contribution in [0.4, 0.5) is 5.69 Å². The molecule has 21 heavy (non-hydrogen) atoms. The predicted octanol–water partition coefficient (Wildman–Crippen LogP) is 0.908. The number of tetrazole rings is 1.